The average Bonchev–Trinajstić information content (AvgIpc) is 2.40. The van der Waals surface area contributed by atoms with Crippen molar-refractivity contribution in [3.63, 3.8) is 0 Å². The van der Waals surface area contributed by atoms with Crippen LogP contribution in [-0.2, 0) is 4.79 Å². The molecule has 0 unspecified atom stereocenters. The van der Waals surface area contributed by atoms with Crippen LogP contribution in [0, 0.1) is 11.6 Å². The summed E-state index contributed by atoms with van der Waals surface area (Å²) in [7, 11) is 3.25. The van der Waals surface area contributed by atoms with Crippen LogP contribution in [0.1, 0.15) is 18.5 Å². The van der Waals surface area contributed by atoms with E-state index in [2.05, 4.69) is 10.6 Å². The van der Waals surface area contributed by atoms with Gasteiger partial charge in [-0.1, -0.05) is 6.07 Å². The third-order valence-electron chi connectivity index (χ3n) is 3.18. The van der Waals surface area contributed by atoms with Crippen molar-refractivity contribution in [2.45, 2.75) is 13.0 Å². The Bertz CT molecular complexity index is 643. The van der Waals surface area contributed by atoms with Crippen LogP contribution in [0.5, 0.6) is 0 Å². The number of nitrogens with one attached hydrogen (secondary N) is 2. The van der Waals surface area contributed by atoms with E-state index in [-0.39, 0.29) is 5.91 Å². The quantitative estimate of drug-likeness (QED) is 0.818. The van der Waals surface area contributed by atoms with Crippen LogP contribution in [0.15, 0.2) is 29.5 Å². The van der Waals surface area contributed by atoms with Crippen LogP contribution >= 0.6 is 12.2 Å². The monoisotopic (exact) mass is 311 g/mol. The predicted octanol–water partition coefficient (Wildman–Crippen LogP) is 1.85. The SMILES string of the molecule is CC1=C(C(=O)N(C)C)[C@@H](c2ccc(F)c(F)c2)NC(=S)N1. The minimum Gasteiger partial charge on any atom is -0.351 e. The Morgan fingerprint density at radius 1 is 1.29 bits per heavy atom. The van der Waals surface area contributed by atoms with Gasteiger partial charge >= 0.3 is 0 Å². The van der Waals surface area contributed by atoms with Gasteiger partial charge in [-0.25, -0.2) is 8.78 Å². The fourth-order valence-corrected chi connectivity index (χ4v) is 2.43. The lowest BCUT2D eigenvalue weighted by molar-refractivity contribution is -0.125. The Balaban J connectivity index is 2.52. The first-order valence-electron chi connectivity index (χ1n) is 6.26. The number of thiocarbonyl (C=S) groups is 1. The number of hydrogen-bond acceptors (Lipinski definition) is 2. The van der Waals surface area contributed by atoms with Crippen molar-refractivity contribution in [2.24, 2.45) is 0 Å². The number of likely N-dealkylation sites (N-methyl/N-ethyl adjacent to an activating group) is 1. The van der Waals surface area contributed by atoms with Gasteiger partial charge in [0, 0.05) is 19.8 Å². The fraction of sp³-hybridized carbons (Fsp3) is 0.286. The minimum atomic E-state index is -0.965. The molecule has 1 aliphatic rings. The Kier molecular flexibility index (Phi) is 4.22. The predicted molar refractivity (Wildman–Crippen MR) is 79.4 cm³/mol. The zero-order valence-electron chi connectivity index (χ0n) is 11.8. The lowest BCUT2D eigenvalue weighted by Gasteiger charge is -2.31. The third kappa shape index (κ3) is 3.02. The molecular formula is C14H15F2N3OS. The van der Waals surface area contributed by atoms with E-state index in [1.165, 1.54) is 11.0 Å². The van der Waals surface area contributed by atoms with Gasteiger partial charge in [0.25, 0.3) is 5.91 Å². The highest BCUT2D eigenvalue weighted by Crippen LogP contribution is 2.28. The molecule has 1 aromatic carbocycles. The van der Waals surface area contributed by atoms with E-state index in [1.54, 1.807) is 21.0 Å². The zero-order valence-corrected chi connectivity index (χ0v) is 12.6. The highest BCUT2D eigenvalue weighted by atomic mass is 32.1. The lowest BCUT2D eigenvalue weighted by atomic mass is 9.94. The Morgan fingerprint density at radius 3 is 2.52 bits per heavy atom. The molecule has 0 saturated carbocycles. The first-order chi connectivity index (χ1) is 9.81. The van der Waals surface area contributed by atoms with Gasteiger partial charge in [0.15, 0.2) is 16.7 Å². The van der Waals surface area contributed by atoms with Gasteiger partial charge in [0.05, 0.1) is 11.6 Å². The normalized spacial score (nSPS) is 18.1. The molecule has 2 N–H and O–H groups in total. The van der Waals surface area contributed by atoms with E-state index in [4.69, 9.17) is 12.2 Å². The first kappa shape index (κ1) is 15.4. The summed E-state index contributed by atoms with van der Waals surface area (Å²) in [4.78, 5) is 13.7. The summed E-state index contributed by atoms with van der Waals surface area (Å²) in [5.41, 5.74) is 1.44. The molecule has 7 heteroatoms. The maximum atomic E-state index is 13.5. The molecule has 0 radical (unpaired) electrons. The van der Waals surface area contributed by atoms with E-state index in [9.17, 15) is 13.6 Å². The van der Waals surface area contributed by atoms with Crippen LogP contribution in [-0.4, -0.2) is 30.0 Å². The van der Waals surface area contributed by atoms with E-state index < -0.39 is 17.7 Å². The number of carbonyl (C=O) groups is 1. The fourth-order valence-electron chi connectivity index (χ4n) is 2.16. The lowest BCUT2D eigenvalue weighted by Crippen LogP contribution is -2.46. The molecule has 0 bridgehead atoms. The smallest absolute Gasteiger partial charge is 0.253 e. The van der Waals surface area contributed by atoms with Crippen molar-refractivity contribution < 1.29 is 13.6 Å². The molecule has 21 heavy (non-hydrogen) atoms. The topological polar surface area (TPSA) is 44.4 Å². The number of carbonyl (C=O) groups excluding carboxylic acids is 1. The molecule has 1 aliphatic heterocycles. The summed E-state index contributed by atoms with van der Waals surface area (Å²) in [6.45, 7) is 1.72. The van der Waals surface area contributed by atoms with E-state index in [0.717, 1.165) is 12.1 Å². The number of allylic oxidation sites excluding steroid dienone is 1. The second-order valence-corrected chi connectivity index (χ2v) is 5.35. The molecule has 1 heterocycles. The van der Waals surface area contributed by atoms with Crippen molar-refractivity contribution in [2.75, 3.05) is 14.1 Å². The minimum absolute atomic E-state index is 0.232. The van der Waals surface area contributed by atoms with Crippen molar-refractivity contribution in [3.8, 4) is 0 Å². The molecule has 0 saturated heterocycles. The van der Waals surface area contributed by atoms with Crippen molar-refractivity contribution in [1.29, 1.82) is 0 Å². The van der Waals surface area contributed by atoms with Crippen molar-refractivity contribution >= 4 is 23.2 Å². The van der Waals surface area contributed by atoms with E-state index in [1.807, 2.05) is 0 Å². The number of nitrogens with zero attached hydrogens (tertiary/aromatic N) is 1. The summed E-state index contributed by atoms with van der Waals surface area (Å²) in [6, 6.07) is 2.91. The Morgan fingerprint density at radius 2 is 1.95 bits per heavy atom. The Labute approximate surface area is 126 Å². The number of rotatable bonds is 2. The van der Waals surface area contributed by atoms with Gasteiger partial charge in [-0.05, 0) is 36.8 Å². The summed E-state index contributed by atoms with van der Waals surface area (Å²) in [6.07, 6.45) is 0. The van der Waals surface area contributed by atoms with E-state index >= 15 is 0 Å². The molecule has 1 amide bonds. The molecule has 4 nitrogen and oxygen atoms in total. The molecule has 1 aromatic rings. The van der Waals surface area contributed by atoms with Crippen LogP contribution in [0.4, 0.5) is 8.78 Å². The summed E-state index contributed by atoms with van der Waals surface area (Å²) < 4.78 is 26.5. The van der Waals surface area contributed by atoms with Crippen LogP contribution < -0.4 is 10.6 Å². The average molecular weight is 311 g/mol. The summed E-state index contributed by atoms with van der Waals surface area (Å²) in [5.74, 6) is -2.13. The van der Waals surface area contributed by atoms with Gasteiger partial charge in [0.1, 0.15) is 0 Å². The van der Waals surface area contributed by atoms with E-state index in [0.29, 0.717) is 21.9 Å². The van der Waals surface area contributed by atoms with Gasteiger partial charge in [-0.3, -0.25) is 4.79 Å². The number of benzene rings is 1. The van der Waals surface area contributed by atoms with Crippen molar-refractivity contribution in [1.82, 2.24) is 15.5 Å². The zero-order chi connectivity index (χ0) is 15.7. The number of hydrogen-bond donors (Lipinski definition) is 2. The Hall–Kier alpha value is -2.02. The molecular weight excluding hydrogens is 296 g/mol. The van der Waals surface area contributed by atoms with Crippen LogP contribution in [0.25, 0.3) is 0 Å². The van der Waals surface area contributed by atoms with Crippen molar-refractivity contribution in [3.05, 3.63) is 46.7 Å². The summed E-state index contributed by atoms with van der Waals surface area (Å²) in [5, 5.41) is 6.13. The van der Waals surface area contributed by atoms with Crippen LogP contribution in [0.2, 0.25) is 0 Å². The second-order valence-electron chi connectivity index (χ2n) is 4.94. The first-order valence-corrected chi connectivity index (χ1v) is 6.67. The maximum absolute atomic E-state index is 13.5. The molecule has 0 aromatic heterocycles. The number of halogens is 2. The maximum Gasteiger partial charge on any atom is 0.253 e. The van der Waals surface area contributed by atoms with Crippen LogP contribution in [0.3, 0.4) is 0 Å². The molecule has 1 atom stereocenters. The van der Waals surface area contributed by atoms with Gasteiger partial charge < -0.3 is 15.5 Å². The highest BCUT2D eigenvalue weighted by Gasteiger charge is 2.31. The van der Waals surface area contributed by atoms with Gasteiger partial charge in [-0.2, -0.15) is 0 Å². The summed E-state index contributed by atoms with van der Waals surface area (Å²) >= 11 is 5.07. The highest BCUT2D eigenvalue weighted by molar-refractivity contribution is 7.80. The molecule has 112 valence electrons. The molecule has 2 rings (SSSR count). The molecule has 0 fully saturated rings. The van der Waals surface area contributed by atoms with Gasteiger partial charge in [-0.15, -0.1) is 0 Å². The molecule has 0 spiro atoms. The second kappa shape index (κ2) is 5.77. The molecule has 0 aliphatic carbocycles. The van der Waals surface area contributed by atoms with Gasteiger partial charge in [0.2, 0.25) is 0 Å². The third-order valence-corrected chi connectivity index (χ3v) is 3.40. The standard InChI is InChI=1S/C14H15F2N3OS/c1-7-11(13(20)19(2)3)12(18-14(21)17-7)8-4-5-9(15)10(16)6-8/h4-6,12H,1-3H3,(H2,17,18,21)/t12-/m1/s1. The number of amides is 1. The largest absolute Gasteiger partial charge is 0.351 e.